The largest absolute Gasteiger partial charge is 0.390 e. The number of aliphatic hydroxyl groups excluding tert-OH is 1. The van der Waals surface area contributed by atoms with E-state index >= 15 is 0 Å². The first-order chi connectivity index (χ1) is 5.26. The molecule has 0 aliphatic carbocycles. The molecule has 0 spiro atoms. The molecule has 0 fully saturated rings. The summed E-state index contributed by atoms with van der Waals surface area (Å²) in [6.07, 6.45) is 0.670. The van der Waals surface area contributed by atoms with Gasteiger partial charge in [-0.25, -0.2) is 4.98 Å². The first kappa shape index (κ1) is 7.94. The van der Waals surface area contributed by atoms with Crippen LogP contribution in [0.1, 0.15) is 18.4 Å². The van der Waals surface area contributed by atoms with Gasteiger partial charge in [-0.05, 0) is 0 Å². The fourth-order valence-electron chi connectivity index (χ4n) is 0.812. The molecule has 4 heteroatoms. The van der Waals surface area contributed by atoms with Crippen molar-refractivity contribution in [1.82, 2.24) is 9.97 Å². The van der Waals surface area contributed by atoms with E-state index in [9.17, 15) is 4.79 Å². The molecule has 2 N–H and O–H groups in total. The molecule has 60 valence electrons. The minimum absolute atomic E-state index is 0.184. The average molecular weight is 154 g/mol. The Bertz CT molecular complexity index is 267. The van der Waals surface area contributed by atoms with Crippen molar-refractivity contribution in [1.29, 1.82) is 0 Å². The van der Waals surface area contributed by atoms with E-state index in [0.29, 0.717) is 17.9 Å². The molecule has 1 aromatic heterocycles. The number of H-pyrrole nitrogens is 1. The predicted molar refractivity (Wildman–Crippen MR) is 40.2 cm³/mol. The molecule has 11 heavy (non-hydrogen) atoms. The molecule has 0 radical (unpaired) electrons. The van der Waals surface area contributed by atoms with Crippen LogP contribution in [-0.2, 0) is 13.0 Å². The lowest BCUT2D eigenvalue weighted by Gasteiger charge is -1.97. The van der Waals surface area contributed by atoms with Gasteiger partial charge in [-0.2, -0.15) is 0 Å². The lowest BCUT2D eigenvalue weighted by Crippen LogP contribution is -2.12. The smallest absolute Gasteiger partial charge is 0.251 e. The van der Waals surface area contributed by atoms with Gasteiger partial charge in [-0.3, -0.25) is 4.79 Å². The monoisotopic (exact) mass is 154 g/mol. The summed E-state index contributed by atoms with van der Waals surface area (Å²) in [5, 5.41) is 8.67. The van der Waals surface area contributed by atoms with E-state index < -0.39 is 0 Å². The highest BCUT2D eigenvalue weighted by Gasteiger charge is 1.96. The summed E-state index contributed by atoms with van der Waals surface area (Å²) in [4.78, 5) is 17.3. The van der Waals surface area contributed by atoms with Crippen molar-refractivity contribution in [2.45, 2.75) is 20.0 Å². The first-order valence-corrected chi connectivity index (χ1v) is 3.46. The lowest BCUT2D eigenvalue weighted by molar-refractivity contribution is 0.276. The fraction of sp³-hybridized carbons (Fsp3) is 0.429. The maximum atomic E-state index is 10.8. The summed E-state index contributed by atoms with van der Waals surface area (Å²) in [5.41, 5.74) is 0.214. The molecule has 0 unspecified atom stereocenters. The molecule has 0 atom stereocenters. The molecule has 1 rings (SSSR count). The second-order valence-electron chi connectivity index (χ2n) is 2.20. The second-order valence-corrected chi connectivity index (χ2v) is 2.20. The highest BCUT2D eigenvalue weighted by molar-refractivity contribution is 5.01. The first-order valence-electron chi connectivity index (χ1n) is 3.46. The van der Waals surface area contributed by atoms with Gasteiger partial charge < -0.3 is 10.1 Å². The van der Waals surface area contributed by atoms with Gasteiger partial charge in [0.05, 0.1) is 12.3 Å². The fourth-order valence-corrected chi connectivity index (χ4v) is 0.812. The third-order valence-electron chi connectivity index (χ3n) is 1.34. The summed E-state index contributed by atoms with van der Waals surface area (Å²) in [5.74, 6) is 0.613. The van der Waals surface area contributed by atoms with Gasteiger partial charge in [-0.1, -0.05) is 6.92 Å². The molecular weight excluding hydrogens is 144 g/mol. The maximum Gasteiger partial charge on any atom is 0.251 e. The van der Waals surface area contributed by atoms with Gasteiger partial charge >= 0.3 is 0 Å². The molecule has 0 saturated carbocycles. The van der Waals surface area contributed by atoms with Crippen molar-refractivity contribution in [2.24, 2.45) is 0 Å². The van der Waals surface area contributed by atoms with E-state index in [0.717, 1.165) is 0 Å². The highest BCUT2D eigenvalue weighted by atomic mass is 16.3. The van der Waals surface area contributed by atoms with Gasteiger partial charge in [0.2, 0.25) is 0 Å². The van der Waals surface area contributed by atoms with Crippen LogP contribution >= 0.6 is 0 Å². The molecule has 1 heterocycles. The Morgan fingerprint density at radius 2 is 2.45 bits per heavy atom. The number of nitrogens with zero attached hydrogens (tertiary/aromatic N) is 1. The molecule has 0 aliphatic rings. The SMILES string of the molecule is CCc1nc(CO)cc(=O)[nH]1. The van der Waals surface area contributed by atoms with E-state index in [4.69, 9.17) is 5.11 Å². The van der Waals surface area contributed by atoms with Crippen molar-refractivity contribution < 1.29 is 5.11 Å². The van der Waals surface area contributed by atoms with Crippen molar-refractivity contribution in [2.75, 3.05) is 0 Å². The highest BCUT2D eigenvalue weighted by Crippen LogP contribution is 1.91. The molecular formula is C7H10N2O2. The Morgan fingerprint density at radius 1 is 1.73 bits per heavy atom. The number of nitrogens with one attached hydrogen (secondary N) is 1. The standard InChI is InChI=1S/C7H10N2O2/c1-2-6-8-5(4-10)3-7(11)9-6/h3,10H,2,4H2,1H3,(H,8,9,11). The van der Waals surface area contributed by atoms with Crippen molar-refractivity contribution in [3.05, 3.63) is 27.9 Å². The Morgan fingerprint density at radius 3 is 3.00 bits per heavy atom. The molecule has 0 bridgehead atoms. The number of aromatic nitrogens is 2. The van der Waals surface area contributed by atoms with Crippen LogP contribution in [0, 0.1) is 0 Å². The average Bonchev–Trinajstić information content (AvgIpc) is 2.03. The Hall–Kier alpha value is -1.16. The van der Waals surface area contributed by atoms with E-state index in [1.807, 2.05) is 6.92 Å². The van der Waals surface area contributed by atoms with Gasteiger partial charge in [0, 0.05) is 12.5 Å². The summed E-state index contributed by atoms with van der Waals surface area (Å²) >= 11 is 0. The van der Waals surface area contributed by atoms with Crippen LogP contribution in [0.5, 0.6) is 0 Å². The normalized spacial score (nSPS) is 10.0. The Labute approximate surface area is 63.9 Å². The number of hydrogen-bond acceptors (Lipinski definition) is 3. The number of hydrogen-bond donors (Lipinski definition) is 2. The van der Waals surface area contributed by atoms with E-state index in [1.54, 1.807) is 0 Å². The summed E-state index contributed by atoms with van der Waals surface area (Å²) in [6, 6.07) is 1.29. The topological polar surface area (TPSA) is 66.0 Å². The van der Waals surface area contributed by atoms with Crippen LogP contribution in [0.15, 0.2) is 10.9 Å². The van der Waals surface area contributed by atoms with Gasteiger partial charge in [0.15, 0.2) is 0 Å². The van der Waals surface area contributed by atoms with Crippen LogP contribution in [0.2, 0.25) is 0 Å². The van der Waals surface area contributed by atoms with Gasteiger partial charge in [0.25, 0.3) is 5.56 Å². The molecule has 0 aromatic carbocycles. The summed E-state index contributed by atoms with van der Waals surface area (Å²) < 4.78 is 0. The lowest BCUT2D eigenvalue weighted by atomic mass is 10.4. The zero-order chi connectivity index (χ0) is 8.27. The van der Waals surface area contributed by atoms with Crippen LogP contribution in [0.4, 0.5) is 0 Å². The van der Waals surface area contributed by atoms with E-state index in [1.165, 1.54) is 6.07 Å². The van der Waals surface area contributed by atoms with Crippen LogP contribution in [0.3, 0.4) is 0 Å². The number of aryl methyl sites for hydroxylation is 1. The Balaban J connectivity index is 3.12. The predicted octanol–water partition coefficient (Wildman–Crippen LogP) is -0.175. The quantitative estimate of drug-likeness (QED) is 0.621. The van der Waals surface area contributed by atoms with Gasteiger partial charge in [-0.15, -0.1) is 0 Å². The summed E-state index contributed by atoms with van der Waals surface area (Å²) in [6.45, 7) is 1.70. The Kier molecular flexibility index (Phi) is 2.38. The number of aliphatic hydroxyl groups is 1. The van der Waals surface area contributed by atoms with Crippen molar-refractivity contribution in [3.8, 4) is 0 Å². The summed E-state index contributed by atoms with van der Waals surface area (Å²) in [7, 11) is 0. The van der Waals surface area contributed by atoms with Crippen LogP contribution < -0.4 is 5.56 Å². The second kappa shape index (κ2) is 3.30. The van der Waals surface area contributed by atoms with E-state index in [2.05, 4.69) is 9.97 Å². The molecule has 0 aliphatic heterocycles. The number of rotatable bonds is 2. The van der Waals surface area contributed by atoms with Crippen LogP contribution in [0.25, 0.3) is 0 Å². The molecule has 4 nitrogen and oxygen atoms in total. The third kappa shape index (κ3) is 1.88. The molecule has 0 saturated heterocycles. The van der Waals surface area contributed by atoms with Crippen LogP contribution in [-0.4, -0.2) is 15.1 Å². The minimum Gasteiger partial charge on any atom is -0.390 e. The molecule has 0 amide bonds. The van der Waals surface area contributed by atoms with Crippen molar-refractivity contribution in [3.63, 3.8) is 0 Å². The van der Waals surface area contributed by atoms with E-state index in [-0.39, 0.29) is 12.2 Å². The van der Waals surface area contributed by atoms with Crippen molar-refractivity contribution >= 4 is 0 Å². The maximum absolute atomic E-state index is 10.8. The van der Waals surface area contributed by atoms with Gasteiger partial charge in [0.1, 0.15) is 5.82 Å². The number of aromatic amines is 1. The molecule has 1 aromatic rings. The third-order valence-corrected chi connectivity index (χ3v) is 1.34. The zero-order valence-corrected chi connectivity index (χ0v) is 6.29. The minimum atomic E-state index is -0.207. The zero-order valence-electron chi connectivity index (χ0n) is 6.29.